The van der Waals surface area contributed by atoms with E-state index in [1.165, 1.54) is 21.8 Å². The molecule has 0 bridgehead atoms. The molecular weight excluding hydrogens is 370 g/mol. The maximum atomic E-state index is 12.9. The highest BCUT2D eigenvalue weighted by Gasteiger charge is 2.31. The number of rotatable bonds is 0. The summed E-state index contributed by atoms with van der Waals surface area (Å²) in [7, 11) is 0. The number of aromatic amines is 1. The number of Topliss-reactive ketones (excluding diaryl/α,β-unsaturated/α-hetero) is 2. The van der Waals surface area contributed by atoms with Crippen molar-refractivity contribution in [1.29, 1.82) is 0 Å². The number of benzene rings is 1. The van der Waals surface area contributed by atoms with E-state index in [1.54, 1.807) is 6.08 Å². The van der Waals surface area contributed by atoms with Crippen LogP contribution >= 0.6 is 11.8 Å². The van der Waals surface area contributed by atoms with Crippen molar-refractivity contribution < 1.29 is 9.59 Å². The van der Waals surface area contributed by atoms with Gasteiger partial charge in [-0.2, -0.15) is 0 Å². The van der Waals surface area contributed by atoms with Crippen LogP contribution in [0, 0.1) is 0 Å². The second kappa shape index (κ2) is 4.89. The highest BCUT2D eigenvalue weighted by atomic mass is 32.2. The summed E-state index contributed by atoms with van der Waals surface area (Å²) < 4.78 is 4.59. The van der Waals surface area contributed by atoms with Gasteiger partial charge >= 0.3 is 0 Å². The molecule has 3 aromatic heterocycles. The molecule has 0 amide bonds. The second-order valence-electron chi connectivity index (χ2n) is 7.66. The molecule has 1 N–H and O–H groups in total. The molecule has 0 unspecified atom stereocenters. The van der Waals surface area contributed by atoms with Crippen LogP contribution in [0.2, 0.25) is 0 Å². The number of nitrogens with zero attached hydrogens (tertiary/aromatic N) is 2. The first-order chi connectivity index (χ1) is 13.7. The first-order valence-electron chi connectivity index (χ1n) is 9.43. The summed E-state index contributed by atoms with van der Waals surface area (Å²) in [6.07, 6.45) is 13.3. The fourth-order valence-electron chi connectivity index (χ4n) is 5.23. The second-order valence-corrected chi connectivity index (χ2v) is 8.58. The lowest BCUT2D eigenvalue weighted by Crippen LogP contribution is -2.28. The zero-order chi connectivity index (χ0) is 18.6. The fourth-order valence-corrected chi connectivity index (χ4v) is 6.21. The van der Waals surface area contributed by atoms with Crippen molar-refractivity contribution in [3.05, 3.63) is 40.3 Å². The Morgan fingerprint density at radius 1 is 0.964 bits per heavy atom. The van der Waals surface area contributed by atoms with E-state index in [2.05, 4.69) is 32.3 Å². The van der Waals surface area contributed by atoms with Gasteiger partial charge in [0.25, 0.3) is 0 Å². The van der Waals surface area contributed by atoms with Gasteiger partial charge in [0.2, 0.25) is 0 Å². The van der Waals surface area contributed by atoms with E-state index in [-0.39, 0.29) is 18.0 Å². The van der Waals surface area contributed by atoms with Crippen LogP contribution in [0.4, 0.5) is 0 Å². The maximum Gasteiger partial charge on any atom is 0.173 e. The summed E-state index contributed by atoms with van der Waals surface area (Å²) in [6.45, 7) is 0. The average Bonchev–Trinajstić information content (AvgIpc) is 3.31. The van der Waals surface area contributed by atoms with Gasteiger partial charge in [0, 0.05) is 50.9 Å². The molecule has 28 heavy (non-hydrogen) atoms. The summed E-state index contributed by atoms with van der Waals surface area (Å²) in [5.74, 6) is 1.44. The number of hydrogen-bond donors (Lipinski definition) is 1. The number of allylic oxidation sites excluding steroid dienone is 1. The van der Waals surface area contributed by atoms with Crippen molar-refractivity contribution in [3.8, 4) is 0 Å². The number of H-pyrrole nitrogens is 1. The van der Waals surface area contributed by atoms with E-state index in [4.69, 9.17) is 0 Å². The van der Waals surface area contributed by atoms with Gasteiger partial charge in [-0.3, -0.25) is 9.59 Å². The summed E-state index contributed by atoms with van der Waals surface area (Å²) in [5.41, 5.74) is 4.25. The van der Waals surface area contributed by atoms with Crippen LogP contribution in [0.25, 0.3) is 50.8 Å². The number of hydrogen-bond acceptors (Lipinski definition) is 3. The molecule has 1 aromatic carbocycles. The minimum atomic E-state index is -0.0988. The lowest BCUT2D eigenvalue weighted by molar-refractivity contribution is -0.112. The molecule has 0 saturated carbocycles. The van der Waals surface area contributed by atoms with Gasteiger partial charge in [-0.25, -0.2) is 0 Å². The van der Waals surface area contributed by atoms with Crippen molar-refractivity contribution in [2.45, 2.75) is 24.6 Å². The Labute approximate surface area is 163 Å². The Morgan fingerprint density at radius 2 is 1.71 bits per heavy atom. The Kier molecular flexibility index (Phi) is 2.62. The average molecular weight is 385 g/mol. The third-order valence-electron chi connectivity index (χ3n) is 6.24. The molecule has 2 aliphatic carbocycles. The summed E-state index contributed by atoms with van der Waals surface area (Å²) >= 11 is 1.82. The highest BCUT2D eigenvalue weighted by Crippen LogP contribution is 2.41. The van der Waals surface area contributed by atoms with Gasteiger partial charge in [-0.15, -0.1) is 11.8 Å². The summed E-state index contributed by atoms with van der Waals surface area (Å²) in [6, 6.07) is 0. The molecular formula is C22H15N3O2S. The molecule has 4 aromatic rings. The zero-order valence-electron chi connectivity index (χ0n) is 14.9. The third kappa shape index (κ3) is 1.58. The monoisotopic (exact) mass is 385 g/mol. The third-order valence-corrected chi connectivity index (χ3v) is 7.12. The zero-order valence-corrected chi connectivity index (χ0v) is 15.7. The van der Waals surface area contributed by atoms with Gasteiger partial charge < -0.3 is 14.1 Å². The van der Waals surface area contributed by atoms with Gasteiger partial charge in [0.1, 0.15) is 0 Å². The Balaban J connectivity index is 1.91. The van der Waals surface area contributed by atoms with Crippen LogP contribution in [0.15, 0.2) is 18.5 Å². The number of carbonyl (C=O) groups excluding carboxylic acids is 2. The molecule has 0 atom stereocenters. The standard InChI is InChI=1S/C22H15N3O2S/c26-11-5-16-20(17(27)6-11)19-14-8-23-7-13(14)18-12-3-1-2-4-15(12)24-9-28-10-25(16)22(19)21(18)24/h1,3-5,7-8,23H,2,6,9-10H2. The first-order valence-corrected chi connectivity index (χ1v) is 10.6. The molecule has 0 saturated heterocycles. The quantitative estimate of drug-likeness (QED) is 0.474. The van der Waals surface area contributed by atoms with Crippen LogP contribution in [0.5, 0.6) is 0 Å². The van der Waals surface area contributed by atoms with Crippen LogP contribution in [0.1, 0.15) is 28.8 Å². The number of ketones is 2. The van der Waals surface area contributed by atoms with Crippen LogP contribution in [-0.2, 0) is 16.5 Å². The van der Waals surface area contributed by atoms with E-state index in [1.807, 2.05) is 24.2 Å². The van der Waals surface area contributed by atoms with Crippen molar-refractivity contribution in [2.75, 3.05) is 0 Å². The van der Waals surface area contributed by atoms with E-state index in [0.29, 0.717) is 5.56 Å². The first kappa shape index (κ1) is 15.0. The number of fused-ring (bicyclic) bond motifs is 9. The molecule has 6 heteroatoms. The van der Waals surface area contributed by atoms with E-state index in [0.717, 1.165) is 45.2 Å². The molecule has 0 spiro atoms. The molecule has 5 nitrogen and oxygen atoms in total. The number of aromatic nitrogens is 3. The van der Waals surface area contributed by atoms with Crippen molar-refractivity contribution in [1.82, 2.24) is 14.1 Å². The predicted octanol–water partition coefficient (Wildman–Crippen LogP) is 2.87. The molecule has 3 aliphatic rings. The largest absolute Gasteiger partial charge is 0.366 e. The highest BCUT2D eigenvalue weighted by molar-refractivity contribution is 7.97. The minimum absolute atomic E-state index is 0.0305. The molecule has 7 rings (SSSR count). The van der Waals surface area contributed by atoms with Crippen molar-refractivity contribution >= 4 is 74.1 Å². The minimum Gasteiger partial charge on any atom is -0.366 e. The summed E-state index contributed by atoms with van der Waals surface area (Å²) in [4.78, 5) is 28.4. The van der Waals surface area contributed by atoms with Crippen molar-refractivity contribution in [2.24, 2.45) is 0 Å². The van der Waals surface area contributed by atoms with Crippen LogP contribution in [-0.4, -0.2) is 25.7 Å². The van der Waals surface area contributed by atoms with Crippen LogP contribution < -0.4 is 10.7 Å². The Bertz CT molecular complexity index is 1580. The fraction of sp³-hybridized carbons (Fsp3) is 0.182. The van der Waals surface area contributed by atoms with Crippen molar-refractivity contribution in [3.63, 3.8) is 0 Å². The van der Waals surface area contributed by atoms with Gasteiger partial charge in [0.05, 0.1) is 40.1 Å². The molecule has 136 valence electrons. The van der Waals surface area contributed by atoms with E-state index in [9.17, 15) is 9.59 Å². The smallest absolute Gasteiger partial charge is 0.173 e. The van der Waals surface area contributed by atoms with Crippen LogP contribution in [0.3, 0.4) is 0 Å². The van der Waals surface area contributed by atoms with Gasteiger partial charge in [-0.1, -0.05) is 18.2 Å². The molecule has 1 aliphatic heterocycles. The Hall–Kier alpha value is -2.99. The number of nitrogens with one attached hydrogen (secondary N) is 1. The lowest BCUT2D eigenvalue weighted by atomic mass is 9.95. The number of carbonyl (C=O) groups is 2. The molecule has 0 fully saturated rings. The maximum absolute atomic E-state index is 12.9. The predicted molar refractivity (Wildman–Crippen MR) is 113 cm³/mol. The van der Waals surface area contributed by atoms with E-state index >= 15 is 0 Å². The van der Waals surface area contributed by atoms with Gasteiger partial charge in [0.15, 0.2) is 11.6 Å². The molecule has 4 heterocycles. The normalized spacial score (nSPS) is 17.9. The number of thioether (sulfide) groups is 1. The SMILES string of the molecule is O=C1C=c2c(c3c4c[nH]cc4c4c5c(n6c4c3n2CSC6)=CCC=C5)C(=O)C1. The summed E-state index contributed by atoms with van der Waals surface area (Å²) in [5, 5.41) is 6.50. The Morgan fingerprint density at radius 3 is 2.57 bits per heavy atom. The van der Waals surface area contributed by atoms with E-state index < -0.39 is 0 Å². The lowest BCUT2D eigenvalue weighted by Gasteiger charge is -2.07. The van der Waals surface area contributed by atoms with Gasteiger partial charge in [-0.05, 0) is 6.42 Å². The topological polar surface area (TPSA) is 59.8 Å². The molecule has 0 radical (unpaired) electrons.